The number of anilines is 1. The molecule has 5 aromatic rings. The maximum Gasteiger partial charge on any atom is 0.227 e. The fourth-order valence-electron chi connectivity index (χ4n) is 2.75. The van der Waals surface area contributed by atoms with Crippen molar-refractivity contribution in [1.82, 2.24) is 29.9 Å². The molecule has 11 heteroatoms. The summed E-state index contributed by atoms with van der Waals surface area (Å²) in [6.45, 7) is 0.302. The number of aromatic nitrogens is 6. The molecule has 0 aliphatic carbocycles. The molecule has 0 atom stereocenters. The minimum Gasteiger partial charge on any atom is -0.429 e. The Bertz CT molecular complexity index is 1340. The fourth-order valence-corrected chi connectivity index (χ4v) is 3.65. The third kappa shape index (κ3) is 4.35. The van der Waals surface area contributed by atoms with Crippen molar-refractivity contribution in [3.05, 3.63) is 71.7 Å². The predicted molar refractivity (Wildman–Crippen MR) is 114 cm³/mol. The molecule has 0 unspecified atom stereocenters. The minimum atomic E-state index is -0.330. The summed E-state index contributed by atoms with van der Waals surface area (Å²) in [5, 5.41) is 4.92. The molecule has 0 amide bonds. The Morgan fingerprint density at radius 1 is 1.03 bits per heavy atom. The van der Waals surface area contributed by atoms with Crippen LogP contribution < -0.4 is 5.32 Å². The number of nitrogens with zero attached hydrogens (tertiary/aromatic N) is 5. The summed E-state index contributed by atoms with van der Waals surface area (Å²) < 4.78 is 19.3. The van der Waals surface area contributed by atoms with Crippen LogP contribution in [0.3, 0.4) is 0 Å². The molecule has 0 saturated heterocycles. The molecule has 0 aliphatic rings. The maximum atomic E-state index is 13.3. The second-order valence-corrected chi connectivity index (χ2v) is 7.79. The third-order valence-corrected chi connectivity index (χ3v) is 5.42. The van der Waals surface area contributed by atoms with Crippen LogP contribution in [0, 0.1) is 5.82 Å². The normalized spacial score (nSPS) is 11.2. The second kappa shape index (κ2) is 8.32. The highest BCUT2D eigenvalue weighted by Gasteiger charge is 2.17. The summed E-state index contributed by atoms with van der Waals surface area (Å²) in [6.07, 6.45) is 4.77. The van der Waals surface area contributed by atoms with Crippen LogP contribution in [-0.4, -0.2) is 29.9 Å². The summed E-state index contributed by atoms with van der Waals surface area (Å²) in [6, 6.07) is 9.48. The molecular weight excluding hydrogens is 441 g/mol. The number of rotatable bonds is 6. The number of pyridine rings is 1. The minimum absolute atomic E-state index is 0.302. The second-order valence-electron chi connectivity index (χ2n) is 6.36. The van der Waals surface area contributed by atoms with Crippen molar-refractivity contribution in [3.63, 3.8) is 0 Å². The SMILES string of the molecule is Fc1ccc(-c2nc(CNc3ncc4[nH]cnc4n3)c(Sc3ccc(Cl)cn3)o2)cc1. The van der Waals surface area contributed by atoms with Gasteiger partial charge in [0.1, 0.15) is 22.1 Å². The monoisotopic (exact) mass is 453 g/mol. The van der Waals surface area contributed by atoms with Crippen LogP contribution >= 0.6 is 23.4 Å². The van der Waals surface area contributed by atoms with E-state index in [1.54, 1.807) is 43.0 Å². The van der Waals surface area contributed by atoms with Gasteiger partial charge in [0, 0.05) is 11.8 Å². The number of hydrogen-bond donors (Lipinski definition) is 2. The zero-order chi connectivity index (χ0) is 21.2. The average Bonchev–Trinajstić information content (AvgIpc) is 3.41. The molecule has 0 saturated carbocycles. The molecule has 31 heavy (non-hydrogen) atoms. The van der Waals surface area contributed by atoms with Crippen LogP contribution in [0.4, 0.5) is 10.3 Å². The van der Waals surface area contributed by atoms with E-state index in [0.717, 1.165) is 5.52 Å². The first kappa shape index (κ1) is 19.5. The van der Waals surface area contributed by atoms with Gasteiger partial charge < -0.3 is 14.7 Å². The Balaban J connectivity index is 1.44. The number of benzene rings is 1. The summed E-state index contributed by atoms with van der Waals surface area (Å²) in [4.78, 5) is 24.6. The Morgan fingerprint density at radius 3 is 2.71 bits per heavy atom. The Morgan fingerprint density at radius 2 is 1.90 bits per heavy atom. The molecule has 0 aliphatic heterocycles. The summed E-state index contributed by atoms with van der Waals surface area (Å²) >= 11 is 7.23. The number of aromatic amines is 1. The molecule has 8 nitrogen and oxygen atoms in total. The molecular formula is C20H13ClFN7OS. The third-order valence-electron chi connectivity index (χ3n) is 4.24. The van der Waals surface area contributed by atoms with Crippen molar-refractivity contribution < 1.29 is 8.81 Å². The van der Waals surface area contributed by atoms with Crippen molar-refractivity contribution in [3.8, 4) is 11.5 Å². The lowest BCUT2D eigenvalue weighted by Crippen LogP contribution is -2.04. The first-order chi connectivity index (χ1) is 15.1. The van der Waals surface area contributed by atoms with Gasteiger partial charge in [-0.25, -0.2) is 24.3 Å². The molecule has 0 bridgehead atoms. The first-order valence-electron chi connectivity index (χ1n) is 9.09. The van der Waals surface area contributed by atoms with E-state index in [1.165, 1.54) is 23.9 Å². The molecule has 4 heterocycles. The number of imidazole rings is 1. The van der Waals surface area contributed by atoms with E-state index in [-0.39, 0.29) is 5.82 Å². The van der Waals surface area contributed by atoms with Gasteiger partial charge in [-0.3, -0.25) is 0 Å². The molecule has 0 fully saturated rings. The standard InChI is InChI=1S/C20H13ClFN7OS/c21-12-3-6-16(23-7-12)31-19-15(28-18(30-19)11-1-4-13(22)5-2-11)9-25-20-24-8-14-17(29-20)27-10-26-14/h1-8,10H,9H2,(H2,24,25,26,27,29). The van der Waals surface area contributed by atoms with Gasteiger partial charge in [-0.2, -0.15) is 4.98 Å². The molecule has 2 N–H and O–H groups in total. The quantitative estimate of drug-likeness (QED) is 0.371. The van der Waals surface area contributed by atoms with Crippen LogP contribution in [0.25, 0.3) is 22.6 Å². The smallest absolute Gasteiger partial charge is 0.227 e. The van der Waals surface area contributed by atoms with Crippen LogP contribution in [0.15, 0.2) is 69.7 Å². The van der Waals surface area contributed by atoms with Crippen molar-refractivity contribution in [2.75, 3.05) is 5.32 Å². The van der Waals surface area contributed by atoms with Crippen LogP contribution in [0.1, 0.15) is 5.69 Å². The lowest BCUT2D eigenvalue weighted by Gasteiger charge is -2.03. The highest BCUT2D eigenvalue weighted by Crippen LogP contribution is 2.34. The summed E-state index contributed by atoms with van der Waals surface area (Å²) in [5.74, 6) is 0.450. The van der Waals surface area contributed by atoms with Gasteiger partial charge in [-0.15, -0.1) is 0 Å². The fraction of sp³-hybridized carbons (Fsp3) is 0.0500. The molecule has 154 valence electrons. The van der Waals surface area contributed by atoms with E-state index in [9.17, 15) is 4.39 Å². The van der Waals surface area contributed by atoms with Gasteiger partial charge >= 0.3 is 0 Å². The largest absolute Gasteiger partial charge is 0.429 e. The van der Waals surface area contributed by atoms with Crippen LogP contribution in [0.5, 0.6) is 0 Å². The Hall–Kier alpha value is -3.50. The number of halogens is 2. The van der Waals surface area contributed by atoms with Crippen molar-refractivity contribution in [1.29, 1.82) is 0 Å². The van der Waals surface area contributed by atoms with Gasteiger partial charge in [0.25, 0.3) is 0 Å². The van der Waals surface area contributed by atoms with Gasteiger partial charge in [-0.1, -0.05) is 11.6 Å². The average molecular weight is 454 g/mol. The highest BCUT2D eigenvalue weighted by molar-refractivity contribution is 7.99. The Labute approximate surface area is 184 Å². The van der Waals surface area contributed by atoms with E-state index in [4.69, 9.17) is 16.0 Å². The first-order valence-corrected chi connectivity index (χ1v) is 10.3. The van der Waals surface area contributed by atoms with Crippen molar-refractivity contribution >= 4 is 40.5 Å². The van der Waals surface area contributed by atoms with E-state index < -0.39 is 0 Å². The number of nitrogens with one attached hydrogen (secondary N) is 2. The summed E-state index contributed by atoms with van der Waals surface area (Å²) in [5.41, 5.74) is 2.60. The van der Waals surface area contributed by atoms with Gasteiger partial charge in [0.05, 0.1) is 24.1 Å². The molecule has 4 aromatic heterocycles. The number of oxazole rings is 1. The van der Waals surface area contributed by atoms with Crippen molar-refractivity contribution in [2.45, 2.75) is 16.7 Å². The molecule has 0 radical (unpaired) electrons. The van der Waals surface area contributed by atoms with E-state index in [1.807, 2.05) is 0 Å². The Kier molecular flexibility index (Phi) is 5.23. The lowest BCUT2D eigenvalue weighted by atomic mass is 10.2. The van der Waals surface area contributed by atoms with E-state index in [0.29, 0.717) is 50.4 Å². The maximum absolute atomic E-state index is 13.3. The van der Waals surface area contributed by atoms with Crippen LogP contribution in [-0.2, 0) is 6.54 Å². The highest BCUT2D eigenvalue weighted by atomic mass is 35.5. The van der Waals surface area contributed by atoms with Gasteiger partial charge in [0.15, 0.2) is 10.7 Å². The van der Waals surface area contributed by atoms with E-state index >= 15 is 0 Å². The topological polar surface area (TPSA) is 105 Å². The number of H-pyrrole nitrogens is 1. The molecule has 0 spiro atoms. The van der Waals surface area contributed by atoms with Crippen LogP contribution in [0.2, 0.25) is 5.02 Å². The zero-order valence-corrected chi connectivity index (χ0v) is 17.3. The van der Waals surface area contributed by atoms with E-state index in [2.05, 4.69) is 35.2 Å². The zero-order valence-electron chi connectivity index (χ0n) is 15.7. The molecule has 1 aromatic carbocycles. The number of fused-ring (bicyclic) bond motifs is 1. The van der Waals surface area contributed by atoms with Crippen molar-refractivity contribution in [2.24, 2.45) is 0 Å². The number of hydrogen-bond acceptors (Lipinski definition) is 8. The lowest BCUT2D eigenvalue weighted by molar-refractivity contribution is 0.479. The molecule has 5 rings (SSSR count). The summed E-state index contributed by atoms with van der Waals surface area (Å²) in [7, 11) is 0. The predicted octanol–water partition coefficient (Wildman–Crippen LogP) is 4.96. The van der Waals surface area contributed by atoms with Gasteiger partial charge in [0.2, 0.25) is 11.8 Å². The van der Waals surface area contributed by atoms with Gasteiger partial charge in [-0.05, 0) is 48.2 Å².